The fourth-order valence-corrected chi connectivity index (χ4v) is 4.89. The number of pyridine rings is 2. The molecule has 0 unspecified atom stereocenters. The lowest BCUT2D eigenvalue weighted by molar-refractivity contribution is 0.0375. The minimum absolute atomic E-state index is 0.0361. The lowest BCUT2D eigenvalue weighted by Crippen LogP contribution is -2.55. The van der Waals surface area contributed by atoms with Gasteiger partial charge in [-0.1, -0.05) is 17.7 Å². The molecule has 2 aromatic heterocycles. The van der Waals surface area contributed by atoms with E-state index in [0.29, 0.717) is 37.6 Å². The van der Waals surface area contributed by atoms with Crippen molar-refractivity contribution >= 4 is 17.4 Å². The predicted octanol–water partition coefficient (Wildman–Crippen LogP) is 3.32. The van der Waals surface area contributed by atoms with Crippen molar-refractivity contribution < 1.29 is 9.47 Å². The number of nitrogens with zero attached hydrogens (tertiary/aromatic N) is 4. The van der Waals surface area contributed by atoms with Gasteiger partial charge in [-0.05, 0) is 50.3 Å². The highest BCUT2D eigenvalue weighted by Gasteiger charge is 2.37. The molecule has 1 saturated heterocycles. The number of anilines is 1. The zero-order valence-corrected chi connectivity index (χ0v) is 19.7. The van der Waals surface area contributed by atoms with Gasteiger partial charge in [0.25, 0.3) is 0 Å². The van der Waals surface area contributed by atoms with Gasteiger partial charge < -0.3 is 15.2 Å². The maximum atomic E-state index is 10.1. The van der Waals surface area contributed by atoms with Gasteiger partial charge in [0, 0.05) is 50.4 Å². The van der Waals surface area contributed by atoms with Gasteiger partial charge in [0.05, 0.1) is 34.8 Å². The predicted molar refractivity (Wildman–Crippen MR) is 127 cm³/mol. The third-order valence-electron chi connectivity index (χ3n) is 6.68. The Morgan fingerprint density at radius 1 is 1.33 bits per heavy atom. The number of nitrogens with one attached hydrogen (secondary N) is 1. The Morgan fingerprint density at radius 3 is 2.85 bits per heavy atom. The molecule has 8 nitrogen and oxygen atoms in total. The molecular weight excluding hydrogens is 440 g/mol. The molecule has 2 aromatic rings. The number of hydrogen-bond acceptors (Lipinski definition) is 8. The van der Waals surface area contributed by atoms with E-state index in [1.54, 1.807) is 19.5 Å². The van der Waals surface area contributed by atoms with Gasteiger partial charge in [0.2, 0.25) is 0 Å². The van der Waals surface area contributed by atoms with Crippen molar-refractivity contribution in [1.29, 1.82) is 5.26 Å². The number of aromatic nitrogens is 2. The largest absolute Gasteiger partial charge is 0.381 e. The number of methoxy groups -OCH3 is 1. The summed E-state index contributed by atoms with van der Waals surface area (Å²) in [4.78, 5) is 8.98. The van der Waals surface area contributed by atoms with Crippen molar-refractivity contribution in [2.45, 2.75) is 50.3 Å². The smallest absolute Gasteiger partial charge is 0.143 e. The molecule has 2 fully saturated rings. The Hall–Kier alpha value is -2.28. The molecule has 0 bridgehead atoms. The van der Waals surface area contributed by atoms with E-state index in [1.165, 1.54) is 0 Å². The van der Waals surface area contributed by atoms with Gasteiger partial charge in [-0.25, -0.2) is 10.4 Å². The molecule has 33 heavy (non-hydrogen) atoms. The molecule has 176 valence electrons. The molecule has 3 N–H and O–H groups in total. The number of ether oxygens (including phenoxy) is 2. The highest BCUT2D eigenvalue weighted by Crippen LogP contribution is 2.33. The van der Waals surface area contributed by atoms with Gasteiger partial charge in [0.15, 0.2) is 0 Å². The minimum atomic E-state index is -0.511. The second-order valence-corrected chi connectivity index (χ2v) is 9.31. The average Bonchev–Trinajstić information content (AvgIpc) is 2.85. The second-order valence-electron chi connectivity index (χ2n) is 8.90. The van der Waals surface area contributed by atoms with E-state index in [0.717, 1.165) is 36.3 Å². The van der Waals surface area contributed by atoms with Crippen LogP contribution in [0.1, 0.15) is 32.1 Å². The fourth-order valence-electron chi connectivity index (χ4n) is 4.68. The maximum absolute atomic E-state index is 10.1. The summed E-state index contributed by atoms with van der Waals surface area (Å²) in [5.41, 5.74) is 11.1. The molecule has 3 heterocycles. The van der Waals surface area contributed by atoms with Crippen LogP contribution in [0.4, 0.5) is 5.82 Å². The highest BCUT2D eigenvalue weighted by molar-refractivity contribution is 6.33. The number of nitrogens with two attached hydrogens (primary N) is 1. The zero-order chi connectivity index (χ0) is 23.3. The third kappa shape index (κ3) is 5.62. The molecule has 1 saturated carbocycles. The summed E-state index contributed by atoms with van der Waals surface area (Å²) in [7, 11) is 1.71. The Morgan fingerprint density at radius 2 is 2.15 bits per heavy atom. The van der Waals surface area contributed by atoms with Crippen molar-refractivity contribution in [1.82, 2.24) is 15.4 Å². The van der Waals surface area contributed by atoms with Gasteiger partial charge in [-0.2, -0.15) is 5.26 Å². The number of rotatable bonds is 7. The van der Waals surface area contributed by atoms with Gasteiger partial charge >= 0.3 is 0 Å². The summed E-state index contributed by atoms with van der Waals surface area (Å²) < 4.78 is 11.1. The maximum Gasteiger partial charge on any atom is 0.143 e. The number of halogens is 1. The lowest BCUT2D eigenvalue weighted by atomic mass is 9.81. The molecule has 0 amide bonds. The van der Waals surface area contributed by atoms with Crippen molar-refractivity contribution in [3.05, 3.63) is 41.7 Å². The van der Waals surface area contributed by atoms with E-state index < -0.39 is 5.41 Å². The molecule has 9 heteroatoms. The van der Waals surface area contributed by atoms with Crippen LogP contribution >= 0.6 is 11.6 Å². The molecular formula is C24H31ClN6O2. The van der Waals surface area contributed by atoms with Crippen molar-refractivity contribution in [2.24, 2.45) is 11.1 Å². The highest BCUT2D eigenvalue weighted by atomic mass is 35.5. The Kier molecular flexibility index (Phi) is 7.78. The first-order valence-electron chi connectivity index (χ1n) is 11.4. The quantitative estimate of drug-likeness (QED) is 0.593. The summed E-state index contributed by atoms with van der Waals surface area (Å²) in [6.07, 6.45) is 7.38. The lowest BCUT2D eigenvalue weighted by Gasteiger charge is -2.40. The Labute approximate surface area is 200 Å². The normalized spacial score (nSPS) is 24.7. The molecule has 0 spiro atoms. The summed E-state index contributed by atoms with van der Waals surface area (Å²) in [6, 6.07) is 10.4. The van der Waals surface area contributed by atoms with Crippen LogP contribution < -0.4 is 16.2 Å². The first-order valence-corrected chi connectivity index (χ1v) is 11.8. The molecule has 2 aliphatic rings. The third-order valence-corrected chi connectivity index (χ3v) is 6.98. The van der Waals surface area contributed by atoms with E-state index in [2.05, 4.69) is 16.5 Å². The van der Waals surface area contributed by atoms with Crippen LogP contribution in [0.3, 0.4) is 0 Å². The molecule has 1 aliphatic carbocycles. The van der Waals surface area contributed by atoms with E-state index in [1.807, 2.05) is 29.3 Å². The van der Waals surface area contributed by atoms with Crippen molar-refractivity contribution in [3.63, 3.8) is 0 Å². The van der Waals surface area contributed by atoms with E-state index >= 15 is 0 Å². The fraction of sp³-hybridized carbons (Fsp3) is 0.542. The van der Waals surface area contributed by atoms with E-state index in [-0.39, 0.29) is 18.2 Å². The van der Waals surface area contributed by atoms with E-state index in [9.17, 15) is 5.26 Å². The monoisotopic (exact) mass is 470 g/mol. The van der Waals surface area contributed by atoms with Crippen LogP contribution in [0.25, 0.3) is 11.3 Å². The molecule has 1 aliphatic heterocycles. The number of hydrazine groups is 1. The van der Waals surface area contributed by atoms with Crippen LogP contribution in [-0.4, -0.2) is 55.0 Å². The molecule has 3 atom stereocenters. The van der Waals surface area contributed by atoms with Crippen LogP contribution in [0.5, 0.6) is 0 Å². The molecule has 0 radical (unpaired) electrons. The van der Waals surface area contributed by atoms with Crippen LogP contribution in [0, 0.1) is 16.7 Å². The number of nitriles is 1. The molecule has 4 rings (SSSR count). The van der Waals surface area contributed by atoms with Gasteiger partial charge in [-0.3, -0.25) is 9.99 Å². The zero-order valence-electron chi connectivity index (χ0n) is 18.9. The van der Waals surface area contributed by atoms with Crippen LogP contribution in [0.15, 0.2) is 36.7 Å². The van der Waals surface area contributed by atoms with Gasteiger partial charge in [-0.15, -0.1) is 0 Å². The molecule has 0 aromatic carbocycles. The first-order chi connectivity index (χ1) is 16.0. The van der Waals surface area contributed by atoms with Crippen molar-refractivity contribution in [3.8, 4) is 17.3 Å². The second kappa shape index (κ2) is 10.8. The Balaban J connectivity index is 1.62. The SMILES string of the molecule is CO[C@@H]1CC[C@H](NN(CC2(C#N)CCOCC2)c2cccc(-c3ccncc3Cl)n2)C[C@H]1N. The number of hydrogen-bond donors (Lipinski definition) is 2. The van der Waals surface area contributed by atoms with Gasteiger partial charge in [0.1, 0.15) is 5.82 Å². The first kappa shape index (κ1) is 23.9. The average molecular weight is 471 g/mol. The Bertz CT molecular complexity index is 977. The van der Waals surface area contributed by atoms with Crippen LogP contribution in [-0.2, 0) is 9.47 Å². The minimum Gasteiger partial charge on any atom is -0.381 e. The standard InChI is InChI=1S/C24H31ClN6O2/c1-32-22-6-5-17(13-20(22)27)30-31(16-24(15-26)8-11-33-12-9-24)23-4-2-3-21(29-23)18-7-10-28-14-19(18)25/h2-4,7,10,14,17,20,22,30H,5-6,8-9,11-13,16,27H2,1H3/t17-,20+,22+/m0/s1. The summed E-state index contributed by atoms with van der Waals surface area (Å²) in [6.45, 7) is 1.68. The van der Waals surface area contributed by atoms with Crippen molar-refractivity contribution in [2.75, 3.05) is 31.9 Å². The summed E-state index contributed by atoms with van der Waals surface area (Å²) in [5, 5.41) is 12.6. The summed E-state index contributed by atoms with van der Waals surface area (Å²) in [5.74, 6) is 0.740. The topological polar surface area (TPSA) is 109 Å². The van der Waals surface area contributed by atoms with E-state index in [4.69, 9.17) is 31.8 Å². The van der Waals surface area contributed by atoms with Crippen LogP contribution in [0.2, 0.25) is 5.02 Å². The summed E-state index contributed by atoms with van der Waals surface area (Å²) >= 11 is 6.38.